The van der Waals surface area contributed by atoms with Gasteiger partial charge < -0.3 is 14.4 Å². The van der Waals surface area contributed by atoms with Gasteiger partial charge in [0.1, 0.15) is 18.2 Å². The molecule has 0 radical (unpaired) electrons. The zero-order chi connectivity index (χ0) is 15.7. The lowest BCUT2D eigenvalue weighted by atomic mass is 10.1. The van der Waals surface area contributed by atoms with Gasteiger partial charge in [0, 0.05) is 24.0 Å². The number of rotatable bonds is 4. The normalized spacial score (nSPS) is 10.8. The first-order chi connectivity index (χ1) is 10.5. The van der Waals surface area contributed by atoms with Gasteiger partial charge in [-0.25, -0.2) is 9.18 Å². The Morgan fingerprint density at radius 2 is 2.05 bits per heavy atom. The molecule has 4 nitrogen and oxygen atoms in total. The highest BCUT2D eigenvalue weighted by atomic mass is 19.1. The summed E-state index contributed by atoms with van der Waals surface area (Å²) < 4.78 is 20.6. The molecular formula is C17H14FNO3. The van der Waals surface area contributed by atoms with E-state index in [0.717, 1.165) is 16.6 Å². The Balaban J connectivity index is 1.88. The van der Waals surface area contributed by atoms with E-state index < -0.39 is 5.97 Å². The molecule has 0 spiro atoms. The number of aryl methyl sites for hydroxylation is 1. The van der Waals surface area contributed by atoms with E-state index in [1.54, 1.807) is 30.3 Å². The zero-order valence-electron chi connectivity index (χ0n) is 11.9. The van der Waals surface area contributed by atoms with E-state index in [0.29, 0.717) is 5.75 Å². The Morgan fingerprint density at radius 1 is 1.23 bits per heavy atom. The van der Waals surface area contributed by atoms with Gasteiger partial charge in [0.05, 0.1) is 11.3 Å². The molecule has 0 aliphatic carbocycles. The Hall–Kier alpha value is -2.82. The Kier molecular flexibility index (Phi) is 3.55. The molecule has 0 saturated heterocycles. The van der Waals surface area contributed by atoms with E-state index in [4.69, 9.17) is 9.84 Å². The van der Waals surface area contributed by atoms with Crippen LogP contribution in [0.25, 0.3) is 10.9 Å². The van der Waals surface area contributed by atoms with Gasteiger partial charge in [-0.2, -0.15) is 0 Å². The van der Waals surface area contributed by atoms with Crippen molar-refractivity contribution in [1.82, 2.24) is 4.57 Å². The lowest BCUT2D eigenvalue weighted by Crippen LogP contribution is -2.02. The van der Waals surface area contributed by atoms with Crippen LogP contribution in [0.1, 0.15) is 16.1 Å². The van der Waals surface area contributed by atoms with Crippen LogP contribution >= 0.6 is 0 Å². The molecule has 0 bridgehead atoms. The van der Waals surface area contributed by atoms with Crippen molar-refractivity contribution in [3.05, 3.63) is 65.6 Å². The number of hydrogen-bond acceptors (Lipinski definition) is 2. The van der Waals surface area contributed by atoms with Crippen molar-refractivity contribution in [2.45, 2.75) is 6.61 Å². The smallest absolute Gasteiger partial charge is 0.335 e. The summed E-state index contributed by atoms with van der Waals surface area (Å²) in [5.74, 6) is -0.849. The summed E-state index contributed by atoms with van der Waals surface area (Å²) in [6.45, 7) is 0.275. The van der Waals surface area contributed by atoms with Crippen LogP contribution in [0.2, 0.25) is 0 Å². The third-order valence-corrected chi connectivity index (χ3v) is 3.57. The monoisotopic (exact) mass is 299 g/mol. The number of nitrogens with zero attached hydrogens (tertiary/aromatic N) is 1. The highest BCUT2D eigenvalue weighted by Crippen LogP contribution is 2.22. The number of carboxylic acids is 1. The van der Waals surface area contributed by atoms with E-state index >= 15 is 0 Å². The minimum Gasteiger partial charge on any atom is -0.487 e. The van der Waals surface area contributed by atoms with E-state index in [2.05, 4.69) is 0 Å². The summed E-state index contributed by atoms with van der Waals surface area (Å²) in [6.07, 6.45) is 0. The molecule has 3 rings (SSSR count). The minimum atomic E-state index is -0.958. The van der Waals surface area contributed by atoms with E-state index in [1.165, 1.54) is 12.1 Å². The molecule has 0 amide bonds. The van der Waals surface area contributed by atoms with Gasteiger partial charge in [-0.3, -0.25) is 0 Å². The fourth-order valence-electron chi connectivity index (χ4n) is 2.37. The summed E-state index contributed by atoms with van der Waals surface area (Å²) in [7, 11) is 1.85. The lowest BCUT2D eigenvalue weighted by molar-refractivity contribution is 0.0697. The molecule has 22 heavy (non-hydrogen) atoms. The predicted octanol–water partition coefficient (Wildman–Crippen LogP) is 3.59. The van der Waals surface area contributed by atoms with Crippen molar-refractivity contribution >= 4 is 16.9 Å². The van der Waals surface area contributed by atoms with Crippen molar-refractivity contribution in [2.75, 3.05) is 0 Å². The molecule has 0 atom stereocenters. The van der Waals surface area contributed by atoms with Crippen LogP contribution in [0.15, 0.2) is 48.5 Å². The molecule has 0 aliphatic rings. The maximum atomic E-state index is 13.1. The van der Waals surface area contributed by atoms with Gasteiger partial charge in [0.15, 0.2) is 0 Å². The third-order valence-electron chi connectivity index (χ3n) is 3.57. The topological polar surface area (TPSA) is 51.5 Å². The van der Waals surface area contributed by atoms with Gasteiger partial charge >= 0.3 is 5.97 Å². The van der Waals surface area contributed by atoms with Crippen molar-refractivity contribution in [3.8, 4) is 5.75 Å². The number of aromatic nitrogens is 1. The Bertz CT molecular complexity index is 854. The summed E-state index contributed by atoms with van der Waals surface area (Å²) in [5.41, 5.74) is 1.94. The van der Waals surface area contributed by atoms with Crippen LogP contribution in [0.4, 0.5) is 4.39 Å². The van der Waals surface area contributed by atoms with Gasteiger partial charge in [-0.15, -0.1) is 0 Å². The molecule has 5 heteroatoms. The summed E-state index contributed by atoms with van der Waals surface area (Å²) in [4.78, 5) is 11.0. The van der Waals surface area contributed by atoms with Crippen LogP contribution in [-0.2, 0) is 13.7 Å². The number of halogens is 1. The van der Waals surface area contributed by atoms with E-state index in [9.17, 15) is 9.18 Å². The van der Waals surface area contributed by atoms with Crippen molar-refractivity contribution in [3.63, 3.8) is 0 Å². The number of carbonyl (C=O) groups is 1. The number of benzene rings is 2. The average molecular weight is 299 g/mol. The molecular weight excluding hydrogens is 285 g/mol. The van der Waals surface area contributed by atoms with Crippen molar-refractivity contribution in [2.24, 2.45) is 7.05 Å². The number of carboxylic acid groups (broad SMARTS) is 1. The maximum absolute atomic E-state index is 13.1. The van der Waals surface area contributed by atoms with Crippen molar-refractivity contribution < 1.29 is 19.0 Å². The molecule has 1 aromatic heterocycles. The molecule has 1 heterocycles. The van der Waals surface area contributed by atoms with Gasteiger partial charge in [-0.1, -0.05) is 12.1 Å². The fourth-order valence-corrected chi connectivity index (χ4v) is 2.37. The van der Waals surface area contributed by atoms with Crippen LogP contribution in [0.3, 0.4) is 0 Å². The summed E-state index contributed by atoms with van der Waals surface area (Å²) in [6, 6.07) is 12.9. The number of hydrogen-bond donors (Lipinski definition) is 1. The van der Waals surface area contributed by atoms with Gasteiger partial charge in [0.2, 0.25) is 0 Å². The van der Waals surface area contributed by atoms with Crippen LogP contribution in [0.5, 0.6) is 5.75 Å². The second-order valence-electron chi connectivity index (χ2n) is 5.02. The molecule has 0 unspecified atom stereocenters. The molecule has 3 aromatic rings. The van der Waals surface area contributed by atoms with Crippen LogP contribution < -0.4 is 4.74 Å². The first-order valence-corrected chi connectivity index (χ1v) is 6.74. The lowest BCUT2D eigenvalue weighted by Gasteiger charge is -2.07. The SMILES string of the molecule is Cn1c(COc2cccc(F)c2)cc2ccc(C(=O)O)cc21. The molecule has 2 aromatic carbocycles. The second-order valence-corrected chi connectivity index (χ2v) is 5.02. The minimum absolute atomic E-state index is 0.242. The standard InChI is InChI=1S/C17H14FNO3/c1-19-14(10-22-15-4-2-3-13(18)9-15)7-11-5-6-12(17(20)21)8-16(11)19/h2-9H,10H2,1H3,(H,20,21). The van der Waals surface area contributed by atoms with Crippen LogP contribution in [-0.4, -0.2) is 15.6 Å². The zero-order valence-corrected chi connectivity index (χ0v) is 11.9. The van der Waals surface area contributed by atoms with Crippen molar-refractivity contribution in [1.29, 1.82) is 0 Å². The first kappa shape index (κ1) is 14.1. The quantitative estimate of drug-likeness (QED) is 0.801. The second kappa shape index (κ2) is 5.52. The van der Waals surface area contributed by atoms with E-state index in [1.807, 2.05) is 17.7 Å². The molecule has 112 valence electrons. The average Bonchev–Trinajstić information content (AvgIpc) is 2.81. The Morgan fingerprint density at radius 3 is 2.77 bits per heavy atom. The largest absolute Gasteiger partial charge is 0.487 e. The number of aromatic carboxylic acids is 1. The Labute approximate surface area is 126 Å². The molecule has 0 saturated carbocycles. The van der Waals surface area contributed by atoms with E-state index in [-0.39, 0.29) is 18.0 Å². The highest BCUT2D eigenvalue weighted by molar-refractivity contribution is 5.93. The third kappa shape index (κ3) is 2.65. The number of ether oxygens (including phenoxy) is 1. The molecule has 0 fully saturated rings. The summed E-state index contributed by atoms with van der Waals surface area (Å²) in [5, 5.41) is 9.99. The van der Waals surface area contributed by atoms with Gasteiger partial charge in [-0.05, 0) is 30.3 Å². The predicted molar refractivity (Wildman–Crippen MR) is 80.6 cm³/mol. The maximum Gasteiger partial charge on any atom is 0.335 e. The first-order valence-electron chi connectivity index (χ1n) is 6.74. The highest BCUT2D eigenvalue weighted by Gasteiger charge is 2.10. The summed E-state index contributed by atoms with van der Waals surface area (Å²) >= 11 is 0. The molecule has 0 aliphatic heterocycles. The number of fused-ring (bicyclic) bond motifs is 1. The van der Waals surface area contributed by atoms with Crippen LogP contribution in [0, 0.1) is 5.82 Å². The van der Waals surface area contributed by atoms with Gasteiger partial charge in [0.25, 0.3) is 0 Å². The molecule has 1 N–H and O–H groups in total. The fraction of sp³-hybridized carbons (Fsp3) is 0.118.